The number of carboxylic acids is 1. The van der Waals surface area contributed by atoms with E-state index in [0.29, 0.717) is 0 Å². The summed E-state index contributed by atoms with van der Waals surface area (Å²) < 4.78 is 0. The minimum atomic E-state index is -1.18. The fourth-order valence-corrected chi connectivity index (χ4v) is 0.691. The first-order valence-electron chi connectivity index (χ1n) is 3.68. The van der Waals surface area contributed by atoms with E-state index in [-0.39, 0.29) is 12.5 Å². The molecule has 0 saturated carbocycles. The normalized spacial score (nSPS) is 11.5. The highest BCUT2D eigenvalue weighted by molar-refractivity contribution is 5.83. The molecule has 0 bridgehead atoms. The maximum atomic E-state index is 10.5. The number of carbonyl (C=O) groups excluding carboxylic acids is 2. The summed E-state index contributed by atoms with van der Waals surface area (Å²) in [5.41, 5.74) is 0. The lowest BCUT2D eigenvalue weighted by molar-refractivity contribution is -0.141. The number of nitrogens with one attached hydrogen (secondary N) is 2. The van der Waals surface area contributed by atoms with Crippen LogP contribution < -0.4 is 10.6 Å². The SMILES string of the molecule is CC(=O)NC[C@H](NC(C)=O)C(=O)O. The van der Waals surface area contributed by atoms with Crippen LogP contribution in [0.15, 0.2) is 0 Å². The molecule has 0 rings (SSSR count). The first kappa shape index (κ1) is 11.4. The zero-order valence-electron chi connectivity index (χ0n) is 7.46. The van der Waals surface area contributed by atoms with Crippen LogP contribution in [0.1, 0.15) is 13.8 Å². The third-order valence-corrected chi connectivity index (χ3v) is 1.23. The summed E-state index contributed by atoms with van der Waals surface area (Å²) in [6, 6.07) is -1.07. The van der Waals surface area contributed by atoms with Crippen molar-refractivity contribution in [2.45, 2.75) is 19.9 Å². The molecule has 0 aliphatic carbocycles. The lowest BCUT2D eigenvalue weighted by Crippen LogP contribution is -2.47. The van der Waals surface area contributed by atoms with E-state index < -0.39 is 17.9 Å². The Morgan fingerprint density at radius 3 is 2.08 bits per heavy atom. The van der Waals surface area contributed by atoms with E-state index in [9.17, 15) is 14.4 Å². The molecule has 0 aliphatic rings. The molecule has 0 aromatic carbocycles. The van der Waals surface area contributed by atoms with Crippen LogP contribution in [-0.2, 0) is 14.4 Å². The van der Waals surface area contributed by atoms with Gasteiger partial charge in [-0.2, -0.15) is 0 Å². The van der Waals surface area contributed by atoms with E-state index in [2.05, 4.69) is 10.6 Å². The Hall–Kier alpha value is -1.59. The van der Waals surface area contributed by atoms with Gasteiger partial charge in [-0.15, -0.1) is 0 Å². The second-order valence-electron chi connectivity index (χ2n) is 2.53. The van der Waals surface area contributed by atoms with Gasteiger partial charge < -0.3 is 15.7 Å². The summed E-state index contributed by atoms with van der Waals surface area (Å²) in [7, 11) is 0. The first-order chi connectivity index (χ1) is 5.93. The molecule has 0 fully saturated rings. The molecule has 6 heteroatoms. The summed E-state index contributed by atoms with van der Waals surface area (Å²) in [6.07, 6.45) is 0. The van der Waals surface area contributed by atoms with Gasteiger partial charge in [0.15, 0.2) is 0 Å². The zero-order valence-corrected chi connectivity index (χ0v) is 7.46. The van der Waals surface area contributed by atoms with Crippen molar-refractivity contribution in [3.05, 3.63) is 0 Å². The summed E-state index contributed by atoms with van der Waals surface area (Å²) in [5, 5.41) is 13.0. The molecular formula is C7H12N2O4. The van der Waals surface area contributed by atoms with Gasteiger partial charge in [0.1, 0.15) is 6.04 Å². The number of carboxylic acid groups (broad SMARTS) is 1. The fourth-order valence-electron chi connectivity index (χ4n) is 0.691. The highest BCUT2D eigenvalue weighted by Gasteiger charge is 2.17. The van der Waals surface area contributed by atoms with Crippen molar-refractivity contribution >= 4 is 17.8 Å². The maximum absolute atomic E-state index is 10.5. The number of amides is 2. The van der Waals surface area contributed by atoms with Crippen LogP contribution in [0, 0.1) is 0 Å². The molecule has 0 spiro atoms. The summed E-state index contributed by atoms with van der Waals surface area (Å²) in [5.74, 6) is -1.96. The topological polar surface area (TPSA) is 95.5 Å². The molecular weight excluding hydrogens is 176 g/mol. The Kier molecular flexibility index (Phi) is 4.50. The molecule has 0 radical (unpaired) electrons. The third kappa shape index (κ3) is 5.66. The molecule has 13 heavy (non-hydrogen) atoms. The second-order valence-corrected chi connectivity index (χ2v) is 2.53. The predicted molar refractivity (Wildman–Crippen MR) is 43.9 cm³/mol. The molecule has 0 unspecified atom stereocenters. The standard InChI is InChI=1S/C7H12N2O4/c1-4(10)8-3-6(7(12)13)9-5(2)11/h6H,3H2,1-2H3,(H,8,10)(H,9,11)(H,12,13)/t6-/m0/s1. The fraction of sp³-hybridized carbons (Fsp3) is 0.571. The van der Waals surface area contributed by atoms with E-state index in [0.717, 1.165) is 0 Å². The van der Waals surface area contributed by atoms with Gasteiger partial charge in [0.25, 0.3) is 0 Å². The smallest absolute Gasteiger partial charge is 0.328 e. The van der Waals surface area contributed by atoms with Crippen molar-refractivity contribution in [3.8, 4) is 0 Å². The third-order valence-electron chi connectivity index (χ3n) is 1.23. The average Bonchev–Trinajstić information content (AvgIpc) is 1.96. The van der Waals surface area contributed by atoms with Crippen molar-refractivity contribution < 1.29 is 19.5 Å². The van der Waals surface area contributed by atoms with Gasteiger partial charge in [-0.05, 0) is 0 Å². The van der Waals surface area contributed by atoms with E-state index >= 15 is 0 Å². The molecule has 0 saturated heterocycles. The Bertz CT molecular complexity index is 227. The molecule has 2 amide bonds. The lowest BCUT2D eigenvalue weighted by atomic mass is 10.3. The lowest BCUT2D eigenvalue weighted by Gasteiger charge is -2.12. The maximum Gasteiger partial charge on any atom is 0.328 e. The quantitative estimate of drug-likeness (QED) is 0.511. The number of carbonyl (C=O) groups is 3. The van der Waals surface area contributed by atoms with Gasteiger partial charge in [0.2, 0.25) is 11.8 Å². The van der Waals surface area contributed by atoms with Crippen molar-refractivity contribution in [2.75, 3.05) is 6.54 Å². The Labute approximate surface area is 75.3 Å². The largest absolute Gasteiger partial charge is 0.480 e. The van der Waals surface area contributed by atoms with Crippen LogP contribution in [0.25, 0.3) is 0 Å². The molecule has 0 aromatic rings. The van der Waals surface area contributed by atoms with Gasteiger partial charge in [0.05, 0.1) is 0 Å². The second kappa shape index (κ2) is 5.13. The van der Waals surface area contributed by atoms with Crippen molar-refractivity contribution in [2.24, 2.45) is 0 Å². The molecule has 0 aromatic heterocycles. The average molecular weight is 188 g/mol. The van der Waals surface area contributed by atoms with Crippen LogP contribution in [0.3, 0.4) is 0 Å². The van der Waals surface area contributed by atoms with Crippen molar-refractivity contribution in [1.82, 2.24) is 10.6 Å². The van der Waals surface area contributed by atoms with Crippen molar-refractivity contribution in [1.29, 1.82) is 0 Å². The Morgan fingerprint density at radius 2 is 1.77 bits per heavy atom. The van der Waals surface area contributed by atoms with Crippen LogP contribution >= 0.6 is 0 Å². The molecule has 6 nitrogen and oxygen atoms in total. The van der Waals surface area contributed by atoms with Crippen LogP contribution in [0.4, 0.5) is 0 Å². The molecule has 74 valence electrons. The van der Waals surface area contributed by atoms with Crippen molar-refractivity contribution in [3.63, 3.8) is 0 Å². The minimum absolute atomic E-state index is 0.107. The van der Waals surface area contributed by atoms with Gasteiger partial charge in [-0.25, -0.2) is 4.79 Å². The molecule has 0 heterocycles. The van der Waals surface area contributed by atoms with Gasteiger partial charge in [-0.3, -0.25) is 9.59 Å². The predicted octanol–water partition coefficient (Wildman–Crippen LogP) is -1.29. The Balaban J connectivity index is 4.02. The van der Waals surface area contributed by atoms with Crippen LogP contribution in [0.2, 0.25) is 0 Å². The van der Waals surface area contributed by atoms with Gasteiger partial charge in [0, 0.05) is 20.4 Å². The summed E-state index contributed by atoms with van der Waals surface area (Å²) in [6.45, 7) is 2.38. The molecule has 0 aliphatic heterocycles. The van der Waals surface area contributed by atoms with Crippen LogP contribution in [-0.4, -0.2) is 35.5 Å². The van der Waals surface area contributed by atoms with Gasteiger partial charge in [-0.1, -0.05) is 0 Å². The molecule has 3 N–H and O–H groups in total. The van der Waals surface area contributed by atoms with E-state index in [1.54, 1.807) is 0 Å². The number of hydrogen-bond acceptors (Lipinski definition) is 3. The van der Waals surface area contributed by atoms with E-state index in [1.807, 2.05) is 0 Å². The highest BCUT2D eigenvalue weighted by Crippen LogP contribution is 1.82. The number of hydrogen-bond donors (Lipinski definition) is 3. The molecule has 1 atom stereocenters. The van der Waals surface area contributed by atoms with Crippen LogP contribution in [0.5, 0.6) is 0 Å². The first-order valence-corrected chi connectivity index (χ1v) is 3.68. The Morgan fingerprint density at radius 1 is 1.23 bits per heavy atom. The van der Waals surface area contributed by atoms with E-state index in [4.69, 9.17) is 5.11 Å². The number of rotatable bonds is 4. The summed E-state index contributed by atoms with van der Waals surface area (Å²) >= 11 is 0. The minimum Gasteiger partial charge on any atom is -0.480 e. The van der Waals surface area contributed by atoms with E-state index in [1.165, 1.54) is 13.8 Å². The zero-order chi connectivity index (χ0) is 10.4. The number of aliphatic carboxylic acids is 1. The van der Waals surface area contributed by atoms with Gasteiger partial charge >= 0.3 is 5.97 Å². The highest BCUT2D eigenvalue weighted by atomic mass is 16.4. The summed E-state index contributed by atoms with van der Waals surface area (Å²) in [4.78, 5) is 31.4. The monoisotopic (exact) mass is 188 g/mol.